The largest absolute Gasteiger partial charge is 0.405 e. The molecule has 0 spiro atoms. The molecule has 1 aromatic carbocycles. The summed E-state index contributed by atoms with van der Waals surface area (Å²) in [4.78, 5) is 32.2. The van der Waals surface area contributed by atoms with Gasteiger partial charge in [-0.05, 0) is 6.07 Å². The Hall–Kier alpha value is -2.79. The lowest BCUT2D eigenvalue weighted by atomic mass is 10.1. The normalized spacial score (nSPS) is 11.0. The Labute approximate surface area is 124 Å². The van der Waals surface area contributed by atoms with E-state index in [1.165, 1.54) is 5.32 Å². The van der Waals surface area contributed by atoms with Gasteiger partial charge in [0.1, 0.15) is 12.1 Å². The Balaban J connectivity index is 2.77. The summed E-state index contributed by atoms with van der Waals surface area (Å²) in [6, 6.07) is 0.421. The van der Waals surface area contributed by atoms with Crippen LogP contribution in [0.15, 0.2) is 12.1 Å². The summed E-state index contributed by atoms with van der Waals surface area (Å²) in [5.41, 5.74) is -1.94. The van der Waals surface area contributed by atoms with Gasteiger partial charge in [-0.3, -0.25) is 19.7 Å². The van der Waals surface area contributed by atoms with Crippen LogP contribution in [0.2, 0.25) is 0 Å². The van der Waals surface area contributed by atoms with Crippen LogP contribution in [0.3, 0.4) is 0 Å². The maximum Gasteiger partial charge on any atom is 0.405 e. The highest BCUT2D eigenvalue weighted by atomic mass is 19.4. The van der Waals surface area contributed by atoms with Crippen molar-refractivity contribution in [1.82, 2.24) is 10.6 Å². The number of hydrogen-bond donors (Lipinski definition) is 2. The van der Waals surface area contributed by atoms with Gasteiger partial charge in [0.2, 0.25) is 5.91 Å². The summed E-state index contributed by atoms with van der Waals surface area (Å²) in [6.07, 6.45) is -4.65. The molecule has 7 nitrogen and oxygen atoms in total. The zero-order valence-electron chi connectivity index (χ0n) is 11.0. The number of benzene rings is 1. The Morgan fingerprint density at radius 2 is 1.70 bits per heavy atom. The molecule has 0 heterocycles. The predicted molar refractivity (Wildman–Crippen MR) is 64.4 cm³/mol. The minimum atomic E-state index is -4.65. The van der Waals surface area contributed by atoms with E-state index in [2.05, 4.69) is 0 Å². The van der Waals surface area contributed by atoms with E-state index in [1.807, 2.05) is 0 Å². The summed E-state index contributed by atoms with van der Waals surface area (Å²) >= 11 is 0. The van der Waals surface area contributed by atoms with Gasteiger partial charge in [0.15, 0.2) is 11.6 Å². The number of alkyl halides is 3. The van der Waals surface area contributed by atoms with Crippen LogP contribution in [-0.2, 0) is 4.79 Å². The van der Waals surface area contributed by atoms with Gasteiger partial charge in [-0.2, -0.15) is 13.2 Å². The van der Waals surface area contributed by atoms with E-state index in [4.69, 9.17) is 0 Å². The van der Waals surface area contributed by atoms with Crippen LogP contribution in [0.5, 0.6) is 0 Å². The number of halogens is 5. The zero-order chi connectivity index (χ0) is 17.8. The van der Waals surface area contributed by atoms with Gasteiger partial charge in [0.05, 0.1) is 17.5 Å². The van der Waals surface area contributed by atoms with Gasteiger partial charge in [0.25, 0.3) is 11.6 Å². The maximum absolute atomic E-state index is 13.1. The quantitative estimate of drug-likeness (QED) is 0.478. The van der Waals surface area contributed by atoms with Gasteiger partial charge < -0.3 is 10.6 Å². The molecule has 126 valence electrons. The van der Waals surface area contributed by atoms with E-state index in [9.17, 15) is 41.7 Å². The average molecular weight is 341 g/mol. The van der Waals surface area contributed by atoms with E-state index in [0.717, 1.165) is 0 Å². The number of amides is 2. The highest BCUT2D eigenvalue weighted by Gasteiger charge is 2.28. The van der Waals surface area contributed by atoms with E-state index in [0.29, 0.717) is 0 Å². The van der Waals surface area contributed by atoms with Crippen molar-refractivity contribution in [2.75, 3.05) is 13.1 Å². The second-order valence-electron chi connectivity index (χ2n) is 4.12. The number of nitrogens with one attached hydrogen (secondary N) is 2. The number of carbonyl (C=O) groups is 2. The number of nitro benzene ring substituents is 1. The van der Waals surface area contributed by atoms with Gasteiger partial charge >= 0.3 is 6.18 Å². The fraction of sp³-hybridized carbons (Fsp3) is 0.273. The molecule has 12 heteroatoms. The van der Waals surface area contributed by atoms with E-state index >= 15 is 0 Å². The monoisotopic (exact) mass is 341 g/mol. The van der Waals surface area contributed by atoms with Crippen molar-refractivity contribution in [3.63, 3.8) is 0 Å². The first-order valence-corrected chi connectivity index (χ1v) is 5.76. The van der Waals surface area contributed by atoms with Crippen molar-refractivity contribution >= 4 is 17.5 Å². The summed E-state index contributed by atoms with van der Waals surface area (Å²) in [7, 11) is 0. The maximum atomic E-state index is 13.1. The highest BCUT2D eigenvalue weighted by molar-refractivity contribution is 5.99. The van der Waals surface area contributed by atoms with Crippen LogP contribution in [0.25, 0.3) is 0 Å². The molecule has 1 aromatic rings. The molecule has 0 aliphatic rings. The minimum Gasteiger partial charge on any atom is -0.345 e. The van der Waals surface area contributed by atoms with Crippen LogP contribution < -0.4 is 10.6 Å². The lowest BCUT2D eigenvalue weighted by molar-refractivity contribution is -0.385. The van der Waals surface area contributed by atoms with Crippen LogP contribution in [0.1, 0.15) is 10.4 Å². The van der Waals surface area contributed by atoms with Gasteiger partial charge in [-0.15, -0.1) is 0 Å². The molecule has 2 N–H and O–H groups in total. The third kappa shape index (κ3) is 5.48. The smallest absolute Gasteiger partial charge is 0.345 e. The molecule has 0 bridgehead atoms. The topological polar surface area (TPSA) is 101 Å². The Morgan fingerprint density at radius 1 is 1.13 bits per heavy atom. The fourth-order valence-corrected chi connectivity index (χ4v) is 1.39. The van der Waals surface area contributed by atoms with Gasteiger partial charge in [-0.1, -0.05) is 0 Å². The van der Waals surface area contributed by atoms with E-state index in [-0.39, 0.29) is 12.1 Å². The lowest BCUT2D eigenvalue weighted by Crippen LogP contribution is -2.41. The third-order valence-electron chi connectivity index (χ3n) is 2.38. The highest BCUT2D eigenvalue weighted by Crippen LogP contribution is 2.22. The molecule has 0 radical (unpaired) electrons. The van der Waals surface area contributed by atoms with Crippen molar-refractivity contribution in [2.45, 2.75) is 6.18 Å². The van der Waals surface area contributed by atoms with E-state index < -0.39 is 58.9 Å². The van der Waals surface area contributed by atoms with Crippen LogP contribution in [-0.4, -0.2) is 36.0 Å². The summed E-state index contributed by atoms with van der Waals surface area (Å²) < 4.78 is 61.5. The van der Waals surface area contributed by atoms with Crippen molar-refractivity contribution in [3.8, 4) is 0 Å². The molecule has 0 fully saturated rings. The molecule has 0 saturated carbocycles. The SMILES string of the molecule is O=C(CNC(=O)c1cc(F)c(F)cc1[N+](=O)[O-])NCC(F)(F)F. The number of nitrogens with zero attached hydrogens (tertiary/aromatic N) is 1. The summed E-state index contributed by atoms with van der Waals surface area (Å²) in [5.74, 6) is -5.64. The molecule has 0 unspecified atom stereocenters. The molecule has 0 saturated heterocycles. The molecule has 23 heavy (non-hydrogen) atoms. The number of nitro groups is 1. The van der Waals surface area contributed by atoms with Crippen molar-refractivity contribution in [3.05, 3.63) is 39.4 Å². The van der Waals surface area contributed by atoms with Crippen LogP contribution in [0.4, 0.5) is 27.6 Å². The molecule has 0 aromatic heterocycles. The van der Waals surface area contributed by atoms with Crippen LogP contribution >= 0.6 is 0 Å². The molecule has 0 atom stereocenters. The first-order chi connectivity index (χ1) is 10.5. The zero-order valence-corrected chi connectivity index (χ0v) is 11.0. The summed E-state index contributed by atoms with van der Waals surface area (Å²) in [5, 5.41) is 13.9. The Morgan fingerprint density at radius 3 is 2.22 bits per heavy atom. The van der Waals surface area contributed by atoms with Crippen molar-refractivity contribution < 1.29 is 36.5 Å². The minimum absolute atomic E-state index is 0.175. The molecule has 0 aliphatic carbocycles. The first-order valence-electron chi connectivity index (χ1n) is 5.76. The Bertz CT molecular complexity index is 647. The van der Waals surface area contributed by atoms with E-state index in [1.54, 1.807) is 5.32 Å². The first kappa shape index (κ1) is 18.3. The molecular formula is C11H8F5N3O4. The Kier molecular flexibility index (Phi) is 5.54. The third-order valence-corrected chi connectivity index (χ3v) is 2.38. The molecule has 1 rings (SSSR count). The standard InChI is InChI=1S/C11H8F5N3O4/c12-6-1-5(8(19(22)23)2-7(6)13)10(21)17-3-9(20)18-4-11(14,15)16/h1-2H,3-4H2,(H,17,21)(H,18,20). The molecule has 0 aliphatic heterocycles. The number of hydrogen-bond acceptors (Lipinski definition) is 4. The predicted octanol–water partition coefficient (Wildman–Crippen LogP) is 1.28. The van der Waals surface area contributed by atoms with Gasteiger partial charge in [0, 0.05) is 0 Å². The number of rotatable bonds is 5. The van der Waals surface area contributed by atoms with Gasteiger partial charge in [-0.25, -0.2) is 8.78 Å². The van der Waals surface area contributed by atoms with Crippen molar-refractivity contribution in [2.24, 2.45) is 0 Å². The molecule has 2 amide bonds. The summed E-state index contributed by atoms with van der Waals surface area (Å²) in [6.45, 7) is -2.57. The molecular weight excluding hydrogens is 333 g/mol. The average Bonchev–Trinajstić information content (AvgIpc) is 2.43. The van der Waals surface area contributed by atoms with Crippen molar-refractivity contribution in [1.29, 1.82) is 0 Å². The number of carbonyl (C=O) groups excluding carboxylic acids is 2. The second-order valence-corrected chi connectivity index (χ2v) is 4.12. The van der Waals surface area contributed by atoms with Crippen LogP contribution in [0, 0.1) is 21.7 Å². The second kappa shape index (κ2) is 6.98. The lowest BCUT2D eigenvalue weighted by Gasteiger charge is -2.09. The fourth-order valence-electron chi connectivity index (χ4n) is 1.39.